The summed E-state index contributed by atoms with van der Waals surface area (Å²) in [5.41, 5.74) is 2.18. The fourth-order valence-corrected chi connectivity index (χ4v) is 2.08. The second-order valence-electron chi connectivity index (χ2n) is 4.36. The number of phenolic OH excluding ortho intramolecular Hbond substituents is 1. The van der Waals surface area contributed by atoms with Gasteiger partial charge in [0.15, 0.2) is 6.29 Å². The number of carbonyl (C=O) groups excluding carboxylic acids is 1. The van der Waals surface area contributed by atoms with Crippen molar-refractivity contribution in [3.05, 3.63) is 28.8 Å². The minimum atomic E-state index is 0.0886. The highest BCUT2D eigenvalue weighted by atomic mass is 16.5. The first kappa shape index (κ1) is 12.1. The van der Waals surface area contributed by atoms with Gasteiger partial charge in [-0.25, -0.2) is 0 Å². The first-order valence-corrected chi connectivity index (χ1v) is 5.78. The number of ether oxygens (including phenoxy) is 1. The van der Waals surface area contributed by atoms with Crippen LogP contribution in [-0.4, -0.2) is 42.6 Å². The molecule has 1 heterocycles. The number of rotatable bonds is 3. The lowest BCUT2D eigenvalue weighted by Crippen LogP contribution is -2.35. The molecular weight excluding hydrogens is 218 g/mol. The van der Waals surface area contributed by atoms with Gasteiger partial charge in [0.25, 0.3) is 0 Å². The Balaban J connectivity index is 2.15. The van der Waals surface area contributed by atoms with E-state index < -0.39 is 0 Å². The summed E-state index contributed by atoms with van der Waals surface area (Å²) >= 11 is 0. The molecule has 0 aliphatic carbocycles. The first-order chi connectivity index (χ1) is 8.20. The van der Waals surface area contributed by atoms with E-state index in [9.17, 15) is 9.90 Å². The first-order valence-electron chi connectivity index (χ1n) is 5.78. The molecule has 0 atom stereocenters. The van der Waals surface area contributed by atoms with Crippen LogP contribution in [0, 0.1) is 6.92 Å². The zero-order valence-electron chi connectivity index (χ0n) is 9.98. The van der Waals surface area contributed by atoms with Crippen LogP contribution in [0.25, 0.3) is 0 Å². The lowest BCUT2D eigenvalue weighted by atomic mass is 10.0. The lowest BCUT2D eigenvalue weighted by Gasteiger charge is -2.26. The molecule has 1 N–H and O–H groups in total. The van der Waals surface area contributed by atoms with Gasteiger partial charge in [-0.1, -0.05) is 6.07 Å². The van der Waals surface area contributed by atoms with Crippen LogP contribution in [-0.2, 0) is 11.3 Å². The summed E-state index contributed by atoms with van der Waals surface area (Å²) in [6, 6.07) is 3.68. The van der Waals surface area contributed by atoms with Crippen LogP contribution in [0.4, 0.5) is 0 Å². The molecule has 0 unspecified atom stereocenters. The van der Waals surface area contributed by atoms with Crippen LogP contribution in [0.2, 0.25) is 0 Å². The summed E-state index contributed by atoms with van der Waals surface area (Å²) < 4.78 is 5.29. The van der Waals surface area contributed by atoms with Gasteiger partial charge in [0.1, 0.15) is 5.75 Å². The van der Waals surface area contributed by atoms with Crippen molar-refractivity contribution in [3.63, 3.8) is 0 Å². The van der Waals surface area contributed by atoms with Crippen LogP contribution >= 0.6 is 0 Å². The molecule has 2 rings (SSSR count). The van der Waals surface area contributed by atoms with Crippen molar-refractivity contribution >= 4 is 6.29 Å². The van der Waals surface area contributed by atoms with Crippen LogP contribution in [0.15, 0.2) is 12.1 Å². The van der Waals surface area contributed by atoms with E-state index in [-0.39, 0.29) is 5.75 Å². The topological polar surface area (TPSA) is 49.8 Å². The molecule has 0 saturated carbocycles. The molecule has 0 aromatic heterocycles. The third-order valence-electron chi connectivity index (χ3n) is 3.03. The quantitative estimate of drug-likeness (QED) is 0.803. The van der Waals surface area contributed by atoms with Crippen molar-refractivity contribution < 1.29 is 14.6 Å². The van der Waals surface area contributed by atoms with E-state index in [1.54, 1.807) is 6.07 Å². The van der Waals surface area contributed by atoms with Crippen LogP contribution in [0.1, 0.15) is 21.5 Å². The molecule has 0 radical (unpaired) electrons. The molecule has 4 nitrogen and oxygen atoms in total. The van der Waals surface area contributed by atoms with Crippen molar-refractivity contribution in [2.45, 2.75) is 13.5 Å². The largest absolute Gasteiger partial charge is 0.507 e. The molecule has 92 valence electrons. The molecule has 1 saturated heterocycles. The molecule has 0 amide bonds. The van der Waals surface area contributed by atoms with Gasteiger partial charge in [-0.2, -0.15) is 0 Å². The molecule has 1 fully saturated rings. The van der Waals surface area contributed by atoms with Crippen LogP contribution in [0.3, 0.4) is 0 Å². The fraction of sp³-hybridized carbons (Fsp3) is 0.462. The van der Waals surface area contributed by atoms with E-state index in [0.717, 1.165) is 44.0 Å². The maximum absolute atomic E-state index is 10.8. The molecule has 1 aliphatic heterocycles. The third-order valence-corrected chi connectivity index (χ3v) is 3.03. The van der Waals surface area contributed by atoms with Crippen LogP contribution < -0.4 is 0 Å². The van der Waals surface area contributed by atoms with Gasteiger partial charge in [0.05, 0.1) is 18.8 Å². The number of carbonyl (C=O) groups is 1. The molecule has 1 aromatic rings. The Labute approximate surface area is 101 Å². The number of aldehydes is 1. The number of aryl methyl sites for hydroxylation is 1. The van der Waals surface area contributed by atoms with E-state index in [0.29, 0.717) is 11.8 Å². The average molecular weight is 235 g/mol. The summed E-state index contributed by atoms with van der Waals surface area (Å²) in [5.74, 6) is 0.0886. The molecule has 0 bridgehead atoms. The van der Waals surface area contributed by atoms with Gasteiger partial charge in [0, 0.05) is 19.6 Å². The van der Waals surface area contributed by atoms with Gasteiger partial charge in [-0.05, 0) is 24.1 Å². The Morgan fingerprint density at radius 2 is 2.12 bits per heavy atom. The highest BCUT2D eigenvalue weighted by Crippen LogP contribution is 2.23. The number of benzene rings is 1. The van der Waals surface area contributed by atoms with Gasteiger partial charge in [-0.3, -0.25) is 9.69 Å². The second kappa shape index (κ2) is 5.29. The number of aromatic hydroxyl groups is 1. The van der Waals surface area contributed by atoms with Gasteiger partial charge in [0.2, 0.25) is 0 Å². The monoisotopic (exact) mass is 235 g/mol. The smallest absolute Gasteiger partial charge is 0.153 e. The normalized spacial score (nSPS) is 17.0. The standard InChI is InChI=1S/C13H17NO3/c1-10-6-11(7-12(9-15)13(10)16)8-14-2-4-17-5-3-14/h6-7,9,16H,2-5,8H2,1H3. The summed E-state index contributed by atoms with van der Waals surface area (Å²) in [7, 11) is 0. The molecule has 17 heavy (non-hydrogen) atoms. The summed E-state index contributed by atoms with van der Waals surface area (Å²) in [5, 5.41) is 9.66. The number of phenols is 1. The van der Waals surface area contributed by atoms with Crippen molar-refractivity contribution in [3.8, 4) is 5.75 Å². The Hall–Kier alpha value is -1.39. The number of hydrogen-bond donors (Lipinski definition) is 1. The third kappa shape index (κ3) is 2.84. The van der Waals surface area contributed by atoms with E-state index in [1.165, 1.54) is 0 Å². The van der Waals surface area contributed by atoms with E-state index in [1.807, 2.05) is 13.0 Å². The zero-order valence-corrected chi connectivity index (χ0v) is 9.98. The molecule has 1 aromatic carbocycles. The van der Waals surface area contributed by atoms with E-state index >= 15 is 0 Å². The zero-order chi connectivity index (χ0) is 12.3. The predicted octanol–water partition coefficient (Wildman–Crippen LogP) is 1.35. The summed E-state index contributed by atoms with van der Waals surface area (Å²) in [6.07, 6.45) is 0.700. The fourth-order valence-electron chi connectivity index (χ4n) is 2.08. The van der Waals surface area contributed by atoms with E-state index in [4.69, 9.17) is 4.74 Å². The Kier molecular flexibility index (Phi) is 3.76. The van der Waals surface area contributed by atoms with Crippen molar-refractivity contribution in [2.75, 3.05) is 26.3 Å². The SMILES string of the molecule is Cc1cc(CN2CCOCC2)cc(C=O)c1O. The number of nitrogens with zero attached hydrogens (tertiary/aromatic N) is 1. The number of hydrogen-bond acceptors (Lipinski definition) is 4. The minimum absolute atomic E-state index is 0.0886. The maximum atomic E-state index is 10.8. The molecule has 4 heteroatoms. The van der Waals surface area contributed by atoms with E-state index in [2.05, 4.69) is 4.90 Å². The maximum Gasteiger partial charge on any atom is 0.153 e. The number of morpholine rings is 1. The Morgan fingerprint density at radius 3 is 2.76 bits per heavy atom. The van der Waals surface area contributed by atoms with Crippen molar-refractivity contribution in [1.29, 1.82) is 0 Å². The van der Waals surface area contributed by atoms with Gasteiger partial charge in [-0.15, -0.1) is 0 Å². The highest BCUT2D eigenvalue weighted by Gasteiger charge is 2.12. The van der Waals surface area contributed by atoms with Crippen LogP contribution in [0.5, 0.6) is 5.75 Å². The average Bonchev–Trinajstić information content (AvgIpc) is 2.35. The Bertz CT molecular complexity index is 411. The summed E-state index contributed by atoms with van der Waals surface area (Å²) in [4.78, 5) is 13.1. The minimum Gasteiger partial charge on any atom is -0.507 e. The molecule has 1 aliphatic rings. The van der Waals surface area contributed by atoms with Crippen molar-refractivity contribution in [2.24, 2.45) is 0 Å². The second-order valence-corrected chi connectivity index (χ2v) is 4.36. The highest BCUT2D eigenvalue weighted by molar-refractivity contribution is 5.80. The lowest BCUT2D eigenvalue weighted by molar-refractivity contribution is 0.0341. The van der Waals surface area contributed by atoms with Crippen molar-refractivity contribution in [1.82, 2.24) is 4.90 Å². The van der Waals surface area contributed by atoms with Gasteiger partial charge >= 0.3 is 0 Å². The Morgan fingerprint density at radius 1 is 1.41 bits per heavy atom. The van der Waals surface area contributed by atoms with Gasteiger partial charge < -0.3 is 9.84 Å². The summed E-state index contributed by atoms with van der Waals surface area (Å²) in [6.45, 7) is 5.96. The molecular formula is C13H17NO3. The molecule has 0 spiro atoms. The predicted molar refractivity (Wildman–Crippen MR) is 64.3 cm³/mol.